The van der Waals surface area contributed by atoms with Gasteiger partial charge >= 0.3 is 0 Å². The number of anilines is 1. The average Bonchev–Trinajstić information content (AvgIpc) is 3.26. The van der Waals surface area contributed by atoms with E-state index in [0.29, 0.717) is 5.92 Å². The van der Waals surface area contributed by atoms with Crippen LogP contribution in [-0.2, 0) is 6.42 Å². The van der Waals surface area contributed by atoms with E-state index in [2.05, 4.69) is 65.7 Å². The summed E-state index contributed by atoms with van der Waals surface area (Å²) in [6.45, 7) is 0. The van der Waals surface area contributed by atoms with Gasteiger partial charge in [-0.25, -0.2) is 0 Å². The molecule has 1 aliphatic carbocycles. The molecular formula is C28H28N2O2. The standard InChI is InChI=1S/C28H28N2O2/c1-31-24-15-11-20(12-16-24)19-22-7-6-10-26-27(22)29-30(23-8-4-3-5-9-23)28(26)21-13-17-25(32-2)18-14-21/h3-5,7-9,11-18,26,28H,6,10,19H2,1-2H3. The van der Waals surface area contributed by atoms with Crippen LogP contribution in [0.3, 0.4) is 0 Å². The lowest BCUT2D eigenvalue weighted by Gasteiger charge is -2.30. The first-order valence-corrected chi connectivity index (χ1v) is 11.2. The number of allylic oxidation sites excluding steroid dienone is 2. The molecule has 0 radical (unpaired) electrons. The number of hydrogen-bond donors (Lipinski definition) is 0. The Morgan fingerprint density at radius 3 is 2.16 bits per heavy atom. The summed E-state index contributed by atoms with van der Waals surface area (Å²) in [5.41, 5.74) is 6.22. The SMILES string of the molecule is COc1ccc(CC2=CCCC3C2=NN(c2ccccc2)C3c2ccc(OC)cc2)cc1. The molecule has 0 fully saturated rings. The van der Waals surface area contributed by atoms with Gasteiger partial charge < -0.3 is 9.47 Å². The minimum Gasteiger partial charge on any atom is -0.497 e. The van der Waals surface area contributed by atoms with Crippen LogP contribution < -0.4 is 14.5 Å². The molecule has 3 aromatic rings. The third-order valence-corrected chi connectivity index (χ3v) is 6.44. The van der Waals surface area contributed by atoms with Crippen molar-refractivity contribution in [3.63, 3.8) is 0 Å². The van der Waals surface area contributed by atoms with Gasteiger partial charge in [0.2, 0.25) is 0 Å². The second-order valence-electron chi connectivity index (χ2n) is 8.32. The molecular weight excluding hydrogens is 396 g/mol. The molecule has 0 saturated heterocycles. The molecule has 1 aliphatic heterocycles. The van der Waals surface area contributed by atoms with Crippen LogP contribution in [0.2, 0.25) is 0 Å². The molecule has 1 heterocycles. The Labute approximate surface area is 189 Å². The molecule has 0 amide bonds. The molecule has 5 rings (SSSR count). The molecule has 32 heavy (non-hydrogen) atoms. The summed E-state index contributed by atoms with van der Waals surface area (Å²) in [6, 6.07) is 27.5. The van der Waals surface area contributed by atoms with E-state index < -0.39 is 0 Å². The van der Waals surface area contributed by atoms with Crippen LogP contribution in [0.1, 0.15) is 30.0 Å². The lowest BCUT2D eigenvalue weighted by atomic mass is 9.78. The summed E-state index contributed by atoms with van der Waals surface area (Å²) in [5, 5.41) is 7.44. The average molecular weight is 425 g/mol. The first kappa shape index (κ1) is 20.4. The molecule has 4 heteroatoms. The maximum atomic E-state index is 5.39. The zero-order valence-electron chi connectivity index (χ0n) is 18.6. The highest BCUT2D eigenvalue weighted by Gasteiger charge is 2.41. The normalized spacial score (nSPS) is 19.8. The third kappa shape index (κ3) is 3.89. The fourth-order valence-electron chi connectivity index (χ4n) is 4.81. The van der Waals surface area contributed by atoms with E-state index in [1.54, 1.807) is 14.2 Å². The maximum absolute atomic E-state index is 5.39. The quantitative estimate of drug-likeness (QED) is 0.472. The Morgan fingerprint density at radius 1 is 0.844 bits per heavy atom. The Kier molecular flexibility index (Phi) is 5.68. The number of benzene rings is 3. The van der Waals surface area contributed by atoms with E-state index in [0.717, 1.165) is 36.4 Å². The highest BCUT2D eigenvalue weighted by molar-refractivity contribution is 6.05. The van der Waals surface area contributed by atoms with Gasteiger partial charge in [0.15, 0.2) is 0 Å². The maximum Gasteiger partial charge on any atom is 0.118 e. The number of fused-ring (bicyclic) bond motifs is 1. The van der Waals surface area contributed by atoms with Crippen molar-refractivity contribution in [1.29, 1.82) is 0 Å². The largest absolute Gasteiger partial charge is 0.497 e. The Morgan fingerprint density at radius 2 is 1.50 bits per heavy atom. The van der Waals surface area contributed by atoms with Crippen molar-refractivity contribution >= 4 is 11.4 Å². The van der Waals surface area contributed by atoms with Crippen molar-refractivity contribution in [1.82, 2.24) is 0 Å². The van der Waals surface area contributed by atoms with Gasteiger partial charge in [0.1, 0.15) is 11.5 Å². The minimum atomic E-state index is 0.179. The van der Waals surface area contributed by atoms with Gasteiger partial charge in [0.25, 0.3) is 0 Å². The first-order valence-electron chi connectivity index (χ1n) is 11.2. The zero-order valence-corrected chi connectivity index (χ0v) is 18.6. The molecule has 2 aliphatic rings. The van der Waals surface area contributed by atoms with Crippen molar-refractivity contribution in [3.8, 4) is 11.5 Å². The van der Waals surface area contributed by atoms with Gasteiger partial charge in [-0.2, -0.15) is 5.10 Å². The number of methoxy groups -OCH3 is 2. The van der Waals surface area contributed by atoms with Crippen LogP contribution in [0, 0.1) is 5.92 Å². The molecule has 4 nitrogen and oxygen atoms in total. The van der Waals surface area contributed by atoms with Gasteiger partial charge in [-0.3, -0.25) is 5.01 Å². The fraction of sp³-hybridized carbons (Fsp3) is 0.250. The Balaban J connectivity index is 1.50. The monoisotopic (exact) mass is 424 g/mol. The van der Waals surface area contributed by atoms with Crippen molar-refractivity contribution < 1.29 is 9.47 Å². The molecule has 2 atom stereocenters. The smallest absolute Gasteiger partial charge is 0.118 e. The van der Waals surface area contributed by atoms with E-state index in [-0.39, 0.29) is 6.04 Å². The predicted molar refractivity (Wildman–Crippen MR) is 130 cm³/mol. The van der Waals surface area contributed by atoms with Crippen molar-refractivity contribution in [2.24, 2.45) is 11.0 Å². The van der Waals surface area contributed by atoms with Crippen LogP contribution in [0.15, 0.2) is 95.6 Å². The number of ether oxygens (including phenoxy) is 2. The lowest BCUT2D eigenvalue weighted by Crippen LogP contribution is -2.27. The molecule has 0 saturated carbocycles. The number of nitrogens with zero attached hydrogens (tertiary/aromatic N) is 2. The van der Waals surface area contributed by atoms with Crippen LogP contribution in [-0.4, -0.2) is 19.9 Å². The molecule has 162 valence electrons. The summed E-state index contributed by atoms with van der Waals surface area (Å²) >= 11 is 0. The zero-order chi connectivity index (χ0) is 21.9. The number of hydrogen-bond acceptors (Lipinski definition) is 4. The first-order chi connectivity index (χ1) is 15.8. The van der Waals surface area contributed by atoms with E-state index in [4.69, 9.17) is 14.6 Å². The molecule has 0 aromatic heterocycles. The summed E-state index contributed by atoms with van der Waals surface area (Å²) in [5.74, 6) is 2.13. The van der Waals surface area contributed by atoms with Crippen molar-refractivity contribution in [3.05, 3.63) is 102 Å². The fourth-order valence-corrected chi connectivity index (χ4v) is 4.81. The van der Waals surface area contributed by atoms with Crippen molar-refractivity contribution in [2.75, 3.05) is 19.2 Å². The minimum absolute atomic E-state index is 0.179. The second-order valence-corrected chi connectivity index (χ2v) is 8.32. The van der Waals surface area contributed by atoms with Crippen molar-refractivity contribution in [2.45, 2.75) is 25.3 Å². The van der Waals surface area contributed by atoms with E-state index in [1.165, 1.54) is 22.4 Å². The molecule has 0 N–H and O–H groups in total. The van der Waals surface area contributed by atoms with Crippen LogP contribution in [0.4, 0.5) is 5.69 Å². The molecule has 3 aromatic carbocycles. The summed E-state index contributed by atoms with van der Waals surface area (Å²) < 4.78 is 10.7. The number of para-hydroxylation sites is 1. The van der Waals surface area contributed by atoms with E-state index in [1.807, 2.05) is 24.3 Å². The Hall–Kier alpha value is -3.53. The van der Waals surface area contributed by atoms with E-state index >= 15 is 0 Å². The highest BCUT2D eigenvalue weighted by atomic mass is 16.5. The Bertz CT molecular complexity index is 1120. The summed E-state index contributed by atoms with van der Waals surface area (Å²) in [7, 11) is 3.41. The molecule has 2 unspecified atom stereocenters. The van der Waals surface area contributed by atoms with Gasteiger partial charge in [-0.05, 0) is 72.4 Å². The third-order valence-electron chi connectivity index (χ3n) is 6.44. The van der Waals surface area contributed by atoms with Gasteiger partial charge in [-0.15, -0.1) is 0 Å². The number of rotatable bonds is 6. The topological polar surface area (TPSA) is 34.1 Å². The van der Waals surface area contributed by atoms with Crippen LogP contribution in [0.25, 0.3) is 0 Å². The number of hydrazone groups is 1. The van der Waals surface area contributed by atoms with Gasteiger partial charge in [-0.1, -0.05) is 48.5 Å². The molecule has 0 bridgehead atoms. The summed E-state index contributed by atoms with van der Waals surface area (Å²) in [6.07, 6.45) is 5.44. The van der Waals surface area contributed by atoms with Crippen LogP contribution in [0.5, 0.6) is 11.5 Å². The molecule has 0 spiro atoms. The lowest BCUT2D eigenvalue weighted by molar-refractivity contribution is 0.414. The van der Waals surface area contributed by atoms with Gasteiger partial charge in [0.05, 0.1) is 31.7 Å². The van der Waals surface area contributed by atoms with Gasteiger partial charge in [0, 0.05) is 5.92 Å². The highest BCUT2D eigenvalue weighted by Crippen LogP contribution is 2.45. The second kappa shape index (κ2) is 8.91. The van der Waals surface area contributed by atoms with Crippen LogP contribution >= 0.6 is 0 Å². The summed E-state index contributed by atoms with van der Waals surface area (Å²) in [4.78, 5) is 0. The predicted octanol–water partition coefficient (Wildman–Crippen LogP) is 6.20. The van der Waals surface area contributed by atoms with E-state index in [9.17, 15) is 0 Å².